The van der Waals surface area contributed by atoms with E-state index >= 15 is 0 Å². The summed E-state index contributed by atoms with van der Waals surface area (Å²) in [5.41, 5.74) is 1.17. The minimum absolute atomic E-state index is 0.117. The SMILES string of the molecule is CN(Cc1c(=O)o[nH][n+]1-c1ccccc1)C(=O)c1ccc2ccccc2c1. The number of hydrogen-bond donors (Lipinski definition) is 1. The van der Waals surface area contributed by atoms with Crippen LogP contribution in [-0.2, 0) is 6.54 Å². The molecule has 0 aliphatic carbocycles. The number of nitrogens with zero attached hydrogens (tertiary/aromatic N) is 2. The molecule has 0 radical (unpaired) electrons. The molecule has 6 heteroatoms. The van der Waals surface area contributed by atoms with Crippen LogP contribution in [0.1, 0.15) is 16.1 Å². The topological polar surface area (TPSA) is 70.2 Å². The molecule has 3 aromatic carbocycles. The summed E-state index contributed by atoms with van der Waals surface area (Å²) >= 11 is 0. The van der Waals surface area contributed by atoms with Crippen LogP contribution in [0.2, 0.25) is 0 Å². The number of benzene rings is 3. The number of aromatic amines is 1. The van der Waals surface area contributed by atoms with Crippen LogP contribution in [0.15, 0.2) is 82.1 Å². The number of rotatable bonds is 4. The Bertz CT molecular complexity index is 1160. The second kappa shape index (κ2) is 6.92. The zero-order valence-electron chi connectivity index (χ0n) is 14.8. The summed E-state index contributed by atoms with van der Waals surface area (Å²) in [6.45, 7) is 0.117. The maximum absolute atomic E-state index is 12.8. The maximum Gasteiger partial charge on any atom is 0.432 e. The highest BCUT2D eigenvalue weighted by molar-refractivity contribution is 5.98. The van der Waals surface area contributed by atoms with Crippen molar-refractivity contribution in [2.45, 2.75) is 6.54 Å². The van der Waals surface area contributed by atoms with E-state index < -0.39 is 5.63 Å². The Hall–Kier alpha value is -3.67. The Morgan fingerprint density at radius 1 is 1.00 bits per heavy atom. The number of H-pyrrole nitrogens is 1. The molecule has 27 heavy (non-hydrogen) atoms. The van der Waals surface area contributed by atoms with Crippen molar-refractivity contribution in [3.8, 4) is 5.69 Å². The minimum atomic E-state index is -0.503. The summed E-state index contributed by atoms with van der Waals surface area (Å²) in [7, 11) is 1.67. The smallest absolute Gasteiger partial charge is 0.331 e. The predicted molar refractivity (Wildman–Crippen MR) is 101 cm³/mol. The third-order valence-electron chi connectivity index (χ3n) is 4.48. The van der Waals surface area contributed by atoms with Crippen LogP contribution >= 0.6 is 0 Å². The average Bonchev–Trinajstić information content (AvgIpc) is 3.08. The first kappa shape index (κ1) is 16.8. The fraction of sp³-hybridized carbons (Fsp3) is 0.0952. The number of amides is 1. The van der Waals surface area contributed by atoms with Gasteiger partial charge in [0.1, 0.15) is 6.54 Å². The molecule has 0 fully saturated rings. The highest BCUT2D eigenvalue weighted by atomic mass is 16.5. The summed E-state index contributed by atoms with van der Waals surface area (Å²) in [5, 5.41) is 4.66. The number of hydrogen-bond acceptors (Lipinski definition) is 3. The fourth-order valence-corrected chi connectivity index (χ4v) is 3.05. The largest absolute Gasteiger partial charge is 0.432 e. The number of fused-ring (bicyclic) bond motifs is 1. The molecular weight excluding hydrogens is 342 g/mol. The van der Waals surface area contributed by atoms with Crippen LogP contribution in [-0.4, -0.2) is 23.1 Å². The zero-order chi connectivity index (χ0) is 18.8. The molecule has 1 heterocycles. The second-order valence-electron chi connectivity index (χ2n) is 6.32. The summed E-state index contributed by atoms with van der Waals surface area (Å²) in [6.07, 6.45) is 0. The van der Waals surface area contributed by atoms with E-state index in [4.69, 9.17) is 4.52 Å². The van der Waals surface area contributed by atoms with Gasteiger partial charge in [-0.05, 0) is 32.9 Å². The summed E-state index contributed by atoms with van der Waals surface area (Å²) in [5.74, 6) is -0.166. The van der Waals surface area contributed by atoms with Crippen molar-refractivity contribution in [2.24, 2.45) is 0 Å². The Labute approximate surface area is 155 Å². The first-order valence-corrected chi connectivity index (χ1v) is 8.55. The molecule has 1 aromatic heterocycles. The summed E-state index contributed by atoms with van der Waals surface area (Å²) in [4.78, 5) is 26.5. The lowest BCUT2D eigenvalue weighted by Crippen LogP contribution is -2.42. The molecule has 1 N–H and O–H groups in total. The van der Waals surface area contributed by atoms with Crippen LogP contribution < -0.4 is 10.3 Å². The normalized spacial score (nSPS) is 10.9. The average molecular weight is 360 g/mol. The predicted octanol–water partition coefficient (Wildman–Crippen LogP) is 2.67. The highest BCUT2D eigenvalue weighted by Crippen LogP contribution is 2.17. The van der Waals surface area contributed by atoms with Crippen molar-refractivity contribution >= 4 is 16.7 Å². The van der Waals surface area contributed by atoms with Gasteiger partial charge in [0.25, 0.3) is 5.91 Å². The van der Waals surface area contributed by atoms with E-state index in [0.29, 0.717) is 11.3 Å². The molecule has 0 atom stereocenters. The Balaban J connectivity index is 1.62. The fourth-order valence-electron chi connectivity index (χ4n) is 3.05. The molecule has 4 aromatic rings. The molecule has 0 saturated heterocycles. The molecule has 1 amide bonds. The van der Waals surface area contributed by atoms with Gasteiger partial charge in [-0.2, -0.15) is 0 Å². The second-order valence-corrected chi connectivity index (χ2v) is 6.32. The number of carbonyl (C=O) groups excluding carboxylic acids is 1. The van der Waals surface area contributed by atoms with Crippen LogP contribution in [0, 0.1) is 0 Å². The van der Waals surface area contributed by atoms with Crippen LogP contribution in [0.25, 0.3) is 16.5 Å². The third kappa shape index (κ3) is 3.25. The molecule has 0 spiro atoms. The lowest BCUT2D eigenvalue weighted by atomic mass is 10.1. The quantitative estimate of drug-likeness (QED) is 0.569. The first-order valence-electron chi connectivity index (χ1n) is 8.55. The van der Waals surface area contributed by atoms with Gasteiger partial charge < -0.3 is 4.90 Å². The van der Waals surface area contributed by atoms with Gasteiger partial charge in [0.2, 0.25) is 5.69 Å². The van der Waals surface area contributed by atoms with Gasteiger partial charge in [-0.15, -0.1) is 0 Å². The van der Waals surface area contributed by atoms with Gasteiger partial charge in [0.05, 0.1) is 0 Å². The Morgan fingerprint density at radius 3 is 2.48 bits per heavy atom. The molecule has 134 valence electrons. The summed E-state index contributed by atoms with van der Waals surface area (Å²) < 4.78 is 6.49. The van der Waals surface area contributed by atoms with Crippen molar-refractivity contribution in [1.82, 2.24) is 10.2 Å². The van der Waals surface area contributed by atoms with E-state index in [0.717, 1.165) is 16.5 Å². The molecule has 0 aliphatic heterocycles. The van der Waals surface area contributed by atoms with Crippen molar-refractivity contribution < 1.29 is 14.0 Å². The van der Waals surface area contributed by atoms with E-state index in [1.165, 1.54) is 4.90 Å². The van der Waals surface area contributed by atoms with Crippen molar-refractivity contribution in [3.63, 3.8) is 0 Å². The maximum atomic E-state index is 12.8. The van der Waals surface area contributed by atoms with E-state index in [9.17, 15) is 9.59 Å². The first-order chi connectivity index (χ1) is 13.1. The third-order valence-corrected chi connectivity index (χ3v) is 4.48. The minimum Gasteiger partial charge on any atom is -0.331 e. The molecule has 0 saturated carbocycles. The molecule has 6 nitrogen and oxygen atoms in total. The number of nitrogens with one attached hydrogen (secondary N) is 1. The van der Waals surface area contributed by atoms with E-state index in [2.05, 4.69) is 5.27 Å². The Morgan fingerprint density at radius 2 is 1.70 bits per heavy atom. The van der Waals surface area contributed by atoms with Gasteiger partial charge >= 0.3 is 11.3 Å². The van der Waals surface area contributed by atoms with Gasteiger partial charge in [0.15, 0.2) is 0 Å². The van der Waals surface area contributed by atoms with Crippen molar-refractivity contribution in [2.75, 3.05) is 7.05 Å². The van der Waals surface area contributed by atoms with Gasteiger partial charge in [-0.3, -0.25) is 9.32 Å². The highest BCUT2D eigenvalue weighted by Gasteiger charge is 2.26. The lowest BCUT2D eigenvalue weighted by Gasteiger charge is -2.14. The number of aromatic nitrogens is 2. The number of para-hydroxylation sites is 1. The van der Waals surface area contributed by atoms with Crippen LogP contribution in [0.3, 0.4) is 0 Å². The molecule has 0 unspecified atom stereocenters. The van der Waals surface area contributed by atoms with E-state index in [-0.39, 0.29) is 12.5 Å². The van der Waals surface area contributed by atoms with Gasteiger partial charge in [-0.25, -0.2) is 4.79 Å². The standard InChI is InChI=1S/C21H17N3O3/c1-23(20(25)17-12-11-15-7-5-6-8-16(15)13-17)14-19-21(26)27-22-24(19)18-9-3-2-4-10-18/h2-13H,14H2,1H3/p+1. The zero-order valence-corrected chi connectivity index (χ0v) is 14.8. The molecule has 4 rings (SSSR count). The van der Waals surface area contributed by atoms with Crippen LogP contribution in [0.5, 0.6) is 0 Å². The van der Waals surface area contributed by atoms with Crippen molar-refractivity contribution in [1.29, 1.82) is 0 Å². The van der Waals surface area contributed by atoms with Gasteiger partial charge in [0, 0.05) is 24.7 Å². The van der Waals surface area contributed by atoms with E-state index in [1.54, 1.807) is 17.8 Å². The van der Waals surface area contributed by atoms with E-state index in [1.807, 2.05) is 66.7 Å². The number of carbonyl (C=O) groups is 1. The lowest BCUT2D eigenvalue weighted by molar-refractivity contribution is -0.678. The molecular formula is C21H18N3O3+. The Kier molecular flexibility index (Phi) is 4.30. The molecule has 0 aliphatic rings. The van der Waals surface area contributed by atoms with Crippen molar-refractivity contribution in [3.05, 3.63) is 94.5 Å². The van der Waals surface area contributed by atoms with Crippen LogP contribution in [0.4, 0.5) is 0 Å². The van der Waals surface area contributed by atoms with Gasteiger partial charge in [-0.1, -0.05) is 48.5 Å². The molecule has 0 bridgehead atoms. The summed E-state index contributed by atoms with van der Waals surface area (Å²) in [6, 6.07) is 22.8. The monoisotopic (exact) mass is 360 g/mol.